The molecular formula is C18H18F4N2O4S. The second-order valence-corrected chi connectivity index (χ2v) is 7.98. The lowest BCUT2D eigenvalue weighted by molar-refractivity contribution is -0.0429. The Kier molecular flexibility index (Phi) is 6.85. The summed E-state index contributed by atoms with van der Waals surface area (Å²) in [4.78, 5) is 12.3. The number of carbonyl (C=O) groups is 1. The molecule has 2 aromatic rings. The zero-order valence-electron chi connectivity index (χ0n) is 15.1. The fourth-order valence-corrected chi connectivity index (χ4v) is 3.01. The number of nitrogens with one attached hydrogen (secondary N) is 2. The van der Waals surface area contributed by atoms with E-state index in [0.29, 0.717) is 5.56 Å². The molecule has 2 atom stereocenters. The van der Waals surface area contributed by atoms with E-state index >= 15 is 0 Å². The Hall–Kier alpha value is -2.66. The molecule has 2 aromatic carbocycles. The van der Waals surface area contributed by atoms with Crippen LogP contribution in [0.4, 0.5) is 23.2 Å². The van der Waals surface area contributed by atoms with Crippen molar-refractivity contribution in [3.05, 3.63) is 65.5 Å². The van der Waals surface area contributed by atoms with E-state index in [9.17, 15) is 35.9 Å². The van der Waals surface area contributed by atoms with Gasteiger partial charge in [0, 0.05) is 17.3 Å². The first-order valence-electron chi connectivity index (χ1n) is 8.32. The average molecular weight is 434 g/mol. The fourth-order valence-electron chi connectivity index (χ4n) is 2.46. The molecule has 2 rings (SSSR count). The number of aliphatic hydroxyl groups excluding tert-OH is 1. The van der Waals surface area contributed by atoms with Crippen molar-refractivity contribution in [2.75, 3.05) is 4.72 Å². The average Bonchev–Trinajstić information content (AvgIpc) is 2.61. The summed E-state index contributed by atoms with van der Waals surface area (Å²) in [6.45, 7) is 1.60. The Morgan fingerprint density at radius 2 is 1.76 bits per heavy atom. The van der Waals surface area contributed by atoms with Gasteiger partial charge in [-0.05, 0) is 49.2 Å². The smallest absolute Gasteiger partial charge is 0.388 e. The number of amides is 1. The Morgan fingerprint density at radius 1 is 1.14 bits per heavy atom. The van der Waals surface area contributed by atoms with Crippen LogP contribution in [0.1, 0.15) is 35.4 Å². The minimum Gasteiger partial charge on any atom is -0.388 e. The molecule has 0 bridgehead atoms. The standard InChI is InChI=1S/C18H18F4N2O4S/c1-11(9-16(25)12-5-7-14(19)8-6-12)23-17(26)13-3-2-4-15(10-13)24-29(27,28)18(20,21)22/h2-8,10-11,16,24-25H,9H2,1H3,(H,23,26). The predicted molar refractivity (Wildman–Crippen MR) is 97.9 cm³/mol. The Labute approximate surface area is 164 Å². The molecule has 0 aliphatic carbocycles. The molecule has 0 aliphatic rings. The molecule has 1 amide bonds. The molecule has 0 aromatic heterocycles. The van der Waals surface area contributed by atoms with Gasteiger partial charge in [-0.2, -0.15) is 21.6 Å². The molecular weight excluding hydrogens is 416 g/mol. The van der Waals surface area contributed by atoms with Crippen molar-refractivity contribution in [3.63, 3.8) is 0 Å². The highest BCUT2D eigenvalue weighted by molar-refractivity contribution is 7.93. The number of sulfonamides is 1. The topological polar surface area (TPSA) is 95.5 Å². The van der Waals surface area contributed by atoms with Crippen LogP contribution in [0.5, 0.6) is 0 Å². The van der Waals surface area contributed by atoms with Crippen LogP contribution in [0.2, 0.25) is 0 Å². The van der Waals surface area contributed by atoms with Crippen LogP contribution < -0.4 is 10.0 Å². The van der Waals surface area contributed by atoms with Gasteiger partial charge in [0.15, 0.2) is 0 Å². The number of alkyl halides is 3. The highest BCUT2D eigenvalue weighted by Crippen LogP contribution is 2.26. The SMILES string of the molecule is CC(CC(O)c1ccc(F)cc1)NC(=O)c1cccc(NS(=O)(=O)C(F)(F)F)c1. The first kappa shape index (κ1) is 22.6. The van der Waals surface area contributed by atoms with Gasteiger partial charge >= 0.3 is 15.5 Å². The lowest BCUT2D eigenvalue weighted by Gasteiger charge is -2.18. The third-order valence-corrected chi connectivity index (χ3v) is 5.00. The van der Waals surface area contributed by atoms with Crippen LogP contribution in [-0.2, 0) is 10.0 Å². The van der Waals surface area contributed by atoms with Gasteiger partial charge in [0.2, 0.25) is 0 Å². The third kappa shape index (κ3) is 6.16. The molecule has 0 aliphatic heterocycles. The molecule has 2 unspecified atom stereocenters. The van der Waals surface area contributed by atoms with Crippen molar-refractivity contribution < 1.29 is 35.9 Å². The number of anilines is 1. The molecule has 0 fully saturated rings. The number of aliphatic hydroxyl groups is 1. The molecule has 11 heteroatoms. The van der Waals surface area contributed by atoms with Crippen LogP contribution in [0, 0.1) is 5.82 Å². The van der Waals surface area contributed by atoms with Gasteiger partial charge in [-0.1, -0.05) is 18.2 Å². The summed E-state index contributed by atoms with van der Waals surface area (Å²) in [5.41, 5.74) is -5.53. The van der Waals surface area contributed by atoms with Crippen molar-refractivity contribution >= 4 is 21.6 Å². The van der Waals surface area contributed by atoms with Crippen LogP contribution in [0.3, 0.4) is 0 Å². The van der Waals surface area contributed by atoms with Crippen molar-refractivity contribution in [3.8, 4) is 0 Å². The minimum absolute atomic E-state index is 0.0736. The maximum absolute atomic E-state index is 12.9. The maximum Gasteiger partial charge on any atom is 0.516 e. The van der Waals surface area contributed by atoms with Crippen molar-refractivity contribution in [1.29, 1.82) is 0 Å². The van der Waals surface area contributed by atoms with Crippen molar-refractivity contribution in [2.45, 2.75) is 31.0 Å². The molecule has 0 saturated heterocycles. The van der Waals surface area contributed by atoms with Crippen LogP contribution in [0.15, 0.2) is 48.5 Å². The Morgan fingerprint density at radius 3 is 2.34 bits per heavy atom. The third-order valence-electron chi connectivity index (χ3n) is 3.89. The summed E-state index contributed by atoms with van der Waals surface area (Å²) >= 11 is 0. The summed E-state index contributed by atoms with van der Waals surface area (Å²) in [7, 11) is -5.61. The second kappa shape index (κ2) is 8.78. The monoisotopic (exact) mass is 434 g/mol. The van der Waals surface area contributed by atoms with E-state index in [-0.39, 0.29) is 12.0 Å². The van der Waals surface area contributed by atoms with E-state index < -0.39 is 45.1 Å². The van der Waals surface area contributed by atoms with Gasteiger partial charge in [0.25, 0.3) is 5.91 Å². The van der Waals surface area contributed by atoms with E-state index in [1.54, 1.807) is 6.92 Å². The van der Waals surface area contributed by atoms with Crippen molar-refractivity contribution in [2.24, 2.45) is 0 Å². The quantitative estimate of drug-likeness (QED) is 0.583. The molecule has 29 heavy (non-hydrogen) atoms. The van der Waals surface area contributed by atoms with E-state index in [0.717, 1.165) is 12.1 Å². The largest absolute Gasteiger partial charge is 0.516 e. The summed E-state index contributed by atoms with van der Waals surface area (Å²) in [6.07, 6.45) is -0.881. The molecule has 0 saturated carbocycles. The van der Waals surface area contributed by atoms with Gasteiger partial charge in [0.1, 0.15) is 5.82 Å². The first-order chi connectivity index (χ1) is 13.4. The summed E-state index contributed by atoms with van der Waals surface area (Å²) in [5, 5.41) is 12.7. The van der Waals surface area contributed by atoms with E-state index in [1.807, 2.05) is 0 Å². The number of hydrogen-bond donors (Lipinski definition) is 3. The van der Waals surface area contributed by atoms with Crippen LogP contribution >= 0.6 is 0 Å². The van der Waals surface area contributed by atoms with Gasteiger partial charge in [0.05, 0.1) is 6.10 Å². The number of hydrogen-bond acceptors (Lipinski definition) is 4. The summed E-state index contributed by atoms with van der Waals surface area (Å²) in [5.74, 6) is -1.12. The second-order valence-electron chi connectivity index (χ2n) is 6.31. The Balaban J connectivity index is 2.02. The van der Waals surface area contributed by atoms with Gasteiger partial charge < -0.3 is 10.4 Å². The molecule has 6 nitrogen and oxygen atoms in total. The normalized spacial score (nSPS) is 14.1. The maximum atomic E-state index is 12.9. The highest BCUT2D eigenvalue weighted by atomic mass is 32.2. The minimum atomic E-state index is -5.61. The predicted octanol–water partition coefficient (Wildman–Crippen LogP) is 3.33. The number of rotatable bonds is 7. The summed E-state index contributed by atoms with van der Waals surface area (Å²) in [6, 6.07) is 9.20. The molecule has 0 radical (unpaired) electrons. The lowest BCUT2D eigenvalue weighted by atomic mass is 10.0. The van der Waals surface area contributed by atoms with E-state index in [4.69, 9.17) is 0 Å². The van der Waals surface area contributed by atoms with Crippen molar-refractivity contribution in [1.82, 2.24) is 5.32 Å². The van der Waals surface area contributed by atoms with Gasteiger partial charge in [-0.15, -0.1) is 0 Å². The van der Waals surface area contributed by atoms with Crippen LogP contribution in [-0.4, -0.2) is 31.0 Å². The zero-order valence-corrected chi connectivity index (χ0v) is 15.9. The number of carbonyl (C=O) groups excluding carboxylic acids is 1. The highest BCUT2D eigenvalue weighted by Gasteiger charge is 2.46. The lowest BCUT2D eigenvalue weighted by Crippen LogP contribution is -2.34. The first-order valence-corrected chi connectivity index (χ1v) is 9.81. The summed E-state index contributed by atoms with van der Waals surface area (Å²) < 4.78 is 74.0. The fraction of sp³-hybridized carbons (Fsp3) is 0.278. The van der Waals surface area contributed by atoms with Gasteiger partial charge in [-0.25, -0.2) is 4.39 Å². The van der Waals surface area contributed by atoms with E-state index in [2.05, 4.69) is 5.32 Å². The Bertz CT molecular complexity index is 963. The number of halogens is 4. The number of benzene rings is 2. The molecule has 0 spiro atoms. The van der Waals surface area contributed by atoms with Crippen LogP contribution in [0.25, 0.3) is 0 Å². The molecule has 0 heterocycles. The zero-order chi connectivity index (χ0) is 21.8. The molecule has 158 valence electrons. The molecule has 3 N–H and O–H groups in total. The van der Waals surface area contributed by atoms with E-state index in [1.165, 1.54) is 41.1 Å². The van der Waals surface area contributed by atoms with Gasteiger partial charge in [-0.3, -0.25) is 9.52 Å².